The minimum atomic E-state index is -2.33. The van der Waals surface area contributed by atoms with Crippen molar-refractivity contribution in [1.29, 1.82) is 0 Å². The van der Waals surface area contributed by atoms with Gasteiger partial charge < -0.3 is 4.57 Å². The molecule has 0 atom stereocenters. The first-order valence-electron chi connectivity index (χ1n) is 6.11. The summed E-state index contributed by atoms with van der Waals surface area (Å²) in [5.41, 5.74) is 0. The van der Waals surface area contributed by atoms with Crippen molar-refractivity contribution in [3.63, 3.8) is 0 Å². The summed E-state index contributed by atoms with van der Waals surface area (Å²) >= 11 is 6.06. The summed E-state index contributed by atoms with van der Waals surface area (Å²) in [6, 6.07) is 0. The van der Waals surface area contributed by atoms with Gasteiger partial charge in [-0.3, -0.25) is 0 Å². The molecule has 92 valence electrons. The van der Waals surface area contributed by atoms with Crippen LogP contribution in [0.2, 0.25) is 0 Å². The van der Waals surface area contributed by atoms with Crippen molar-refractivity contribution in [2.45, 2.75) is 53.4 Å². The van der Waals surface area contributed by atoms with Crippen molar-refractivity contribution < 1.29 is 4.57 Å². The molecule has 0 spiro atoms. The van der Waals surface area contributed by atoms with E-state index in [4.69, 9.17) is 11.2 Å². The number of rotatable bonds is 8. The van der Waals surface area contributed by atoms with E-state index < -0.39 is 6.49 Å². The molecule has 0 aromatic heterocycles. The average Bonchev–Trinajstić information content (AvgIpc) is 2.01. The Balaban J connectivity index is 3.63. The van der Waals surface area contributed by atoms with E-state index in [-0.39, 0.29) is 0 Å². The second kappa shape index (κ2) is 7.74. The van der Waals surface area contributed by atoms with Crippen LogP contribution in [0.3, 0.4) is 0 Å². The summed E-state index contributed by atoms with van der Waals surface area (Å²) in [5.74, 6) is 1.38. The molecule has 0 saturated carbocycles. The highest BCUT2D eigenvalue weighted by Gasteiger charge is 2.17. The molecule has 0 unspecified atom stereocenters. The first kappa shape index (κ1) is 15.5. The molecule has 0 aliphatic rings. The minimum absolute atomic E-state index is 0.692. The number of hydrogen-bond acceptors (Lipinski definition) is 1. The molecule has 0 aliphatic heterocycles. The molecule has 3 heteroatoms. The van der Waals surface area contributed by atoms with Crippen LogP contribution in [-0.4, -0.2) is 12.3 Å². The van der Waals surface area contributed by atoms with Gasteiger partial charge in [-0.25, -0.2) is 0 Å². The van der Waals surface area contributed by atoms with Crippen LogP contribution in [0.25, 0.3) is 0 Å². The van der Waals surface area contributed by atoms with Crippen LogP contribution in [-0.2, 0) is 4.57 Å². The maximum absolute atomic E-state index is 11.9. The van der Waals surface area contributed by atoms with E-state index in [9.17, 15) is 4.57 Å². The molecule has 0 amide bonds. The summed E-state index contributed by atoms with van der Waals surface area (Å²) in [7, 11) is 0. The molecule has 0 heterocycles. The Morgan fingerprint density at radius 2 is 1.27 bits per heavy atom. The van der Waals surface area contributed by atoms with Gasteiger partial charge in [0, 0.05) is 12.3 Å². The van der Waals surface area contributed by atoms with Gasteiger partial charge in [0.15, 0.2) is 6.49 Å². The Labute approximate surface area is 100 Å². The molecule has 0 rings (SSSR count). The third-order valence-corrected chi connectivity index (χ3v) is 5.53. The molecule has 1 nitrogen and oxygen atoms in total. The first-order valence-corrected chi connectivity index (χ1v) is 9.09. The van der Waals surface area contributed by atoms with Crippen molar-refractivity contribution in [3.05, 3.63) is 0 Å². The zero-order valence-corrected chi connectivity index (χ0v) is 12.3. The summed E-state index contributed by atoms with van der Waals surface area (Å²) in [6.07, 6.45) is 5.76. The van der Waals surface area contributed by atoms with Gasteiger partial charge in [0.2, 0.25) is 0 Å². The Morgan fingerprint density at radius 3 is 1.53 bits per heavy atom. The number of halogens is 1. The quantitative estimate of drug-likeness (QED) is 0.531. The predicted molar refractivity (Wildman–Crippen MR) is 71.3 cm³/mol. The largest absolute Gasteiger partial charge is 0.307 e. The van der Waals surface area contributed by atoms with E-state index in [1.165, 1.54) is 0 Å². The molecule has 0 radical (unpaired) electrons. The monoisotopic (exact) mass is 252 g/mol. The van der Waals surface area contributed by atoms with Crippen LogP contribution >= 0.6 is 17.7 Å². The summed E-state index contributed by atoms with van der Waals surface area (Å²) in [5, 5.41) is 0. The van der Waals surface area contributed by atoms with Crippen molar-refractivity contribution >= 4 is 17.7 Å². The Morgan fingerprint density at radius 1 is 0.933 bits per heavy atom. The van der Waals surface area contributed by atoms with Crippen LogP contribution in [0.5, 0.6) is 0 Å². The summed E-state index contributed by atoms with van der Waals surface area (Å²) in [4.78, 5) is 0. The highest BCUT2D eigenvalue weighted by molar-refractivity contribution is 7.89. The third-order valence-electron chi connectivity index (χ3n) is 2.55. The highest BCUT2D eigenvalue weighted by Crippen LogP contribution is 2.52. The standard InChI is InChI=1S/C12H26ClOP/c1-11(2)7-5-9-15(13,14)10-6-8-12(3)4/h11-12H,5-10H2,1-4H3. The van der Waals surface area contributed by atoms with Gasteiger partial charge in [0.1, 0.15) is 0 Å². The van der Waals surface area contributed by atoms with Gasteiger partial charge in [-0.05, 0) is 24.7 Å². The molecular formula is C12H26ClOP. The normalized spacial score (nSPS) is 12.7. The first-order chi connectivity index (χ1) is 6.83. The summed E-state index contributed by atoms with van der Waals surface area (Å²) < 4.78 is 11.9. The van der Waals surface area contributed by atoms with E-state index in [1.54, 1.807) is 0 Å². The molecule has 0 fully saturated rings. The molecular weight excluding hydrogens is 227 g/mol. The van der Waals surface area contributed by atoms with Gasteiger partial charge in [-0.15, -0.1) is 0 Å². The van der Waals surface area contributed by atoms with E-state index >= 15 is 0 Å². The highest BCUT2D eigenvalue weighted by atomic mass is 35.7. The lowest BCUT2D eigenvalue weighted by molar-refractivity contribution is 0.549. The second-order valence-corrected chi connectivity index (χ2v) is 9.63. The van der Waals surface area contributed by atoms with Crippen LogP contribution in [0.15, 0.2) is 0 Å². The Bertz CT molecular complexity index is 184. The van der Waals surface area contributed by atoms with Crippen molar-refractivity contribution in [3.8, 4) is 0 Å². The minimum Gasteiger partial charge on any atom is -0.307 e. The van der Waals surface area contributed by atoms with Crippen molar-refractivity contribution in [1.82, 2.24) is 0 Å². The molecule has 0 saturated heterocycles. The van der Waals surface area contributed by atoms with Gasteiger partial charge in [-0.1, -0.05) is 51.8 Å². The van der Waals surface area contributed by atoms with Crippen LogP contribution in [0, 0.1) is 11.8 Å². The topological polar surface area (TPSA) is 17.1 Å². The van der Waals surface area contributed by atoms with Gasteiger partial charge in [-0.2, -0.15) is 0 Å². The fourth-order valence-electron chi connectivity index (χ4n) is 1.58. The zero-order valence-electron chi connectivity index (χ0n) is 10.6. The third kappa shape index (κ3) is 10.8. The van der Waals surface area contributed by atoms with E-state index in [2.05, 4.69) is 27.7 Å². The molecule has 0 N–H and O–H groups in total. The van der Waals surface area contributed by atoms with Crippen molar-refractivity contribution in [2.75, 3.05) is 12.3 Å². The zero-order chi connectivity index (χ0) is 11.9. The molecule has 0 aromatic carbocycles. The molecule has 0 bridgehead atoms. The maximum atomic E-state index is 11.9. The van der Waals surface area contributed by atoms with Gasteiger partial charge in [0.05, 0.1) is 0 Å². The lowest BCUT2D eigenvalue weighted by Gasteiger charge is -2.12. The fourth-order valence-corrected chi connectivity index (χ4v) is 3.83. The van der Waals surface area contributed by atoms with Crippen LogP contribution < -0.4 is 0 Å². The average molecular weight is 253 g/mol. The van der Waals surface area contributed by atoms with Gasteiger partial charge in [0.25, 0.3) is 0 Å². The van der Waals surface area contributed by atoms with Gasteiger partial charge >= 0.3 is 0 Å². The smallest absolute Gasteiger partial charge is 0.169 e. The van der Waals surface area contributed by atoms with E-state index in [1.807, 2.05) is 0 Å². The van der Waals surface area contributed by atoms with Crippen molar-refractivity contribution in [2.24, 2.45) is 11.8 Å². The molecule has 15 heavy (non-hydrogen) atoms. The maximum Gasteiger partial charge on any atom is 0.169 e. The predicted octanol–water partition coefficient (Wildman–Crippen LogP) is 5.38. The summed E-state index contributed by atoms with van der Waals surface area (Å²) in [6.45, 7) is 6.44. The molecule has 0 aliphatic carbocycles. The second-order valence-electron chi connectivity index (χ2n) is 5.31. The lowest BCUT2D eigenvalue weighted by atomic mass is 10.1. The van der Waals surface area contributed by atoms with Crippen LogP contribution in [0.1, 0.15) is 53.4 Å². The number of hydrogen-bond donors (Lipinski definition) is 0. The van der Waals surface area contributed by atoms with E-state index in [0.29, 0.717) is 11.8 Å². The fraction of sp³-hybridized carbons (Fsp3) is 1.00. The Kier molecular flexibility index (Phi) is 8.01. The SMILES string of the molecule is CC(C)CCCP(=O)(Cl)CCCC(C)C. The van der Waals surface area contributed by atoms with E-state index in [0.717, 1.165) is 38.0 Å². The molecule has 0 aromatic rings. The lowest BCUT2D eigenvalue weighted by Crippen LogP contribution is -1.96. The Hall–Kier alpha value is 0.520. The van der Waals surface area contributed by atoms with Crippen LogP contribution in [0.4, 0.5) is 0 Å².